The van der Waals surface area contributed by atoms with Crippen LogP contribution >= 0.6 is 0 Å². The molecular formula is C16H22O3. The summed E-state index contributed by atoms with van der Waals surface area (Å²) in [4.78, 5) is 0. The van der Waals surface area contributed by atoms with Crippen molar-refractivity contribution < 1.29 is 14.6 Å². The summed E-state index contributed by atoms with van der Waals surface area (Å²) in [6, 6.07) is 7.91. The van der Waals surface area contributed by atoms with Crippen molar-refractivity contribution in [2.24, 2.45) is 0 Å². The Hall–Kier alpha value is -1.06. The van der Waals surface area contributed by atoms with Gasteiger partial charge in [-0.1, -0.05) is 12.1 Å². The lowest BCUT2D eigenvalue weighted by molar-refractivity contribution is -0.135. The van der Waals surface area contributed by atoms with Crippen molar-refractivity contribution >= 4 is 0 Å². The SMILES string of the molecule is CC1CC(O)(c2ccc(OC3CC3)cc2)CC(C)O1. The Balaban J connectivity index is 1.75. The molecule has 0 radical (unpaired) electrons. The molecule has 3 rings (SSSR count). The average Bonchev–Trinajstić information content (AvgIpc) is 3.12. The van der Waals surface area contributed by atoms with Crippen LogP contribution in [0.3, 0.4) is 0 Å². The highest BCUT2D eigenvalue weighted by atomic mass is 16.5. The number of ether oxygens (including phenoxy) is 2. The van der Waals surface area contributed by atoms with Crippen LogP contribution in [0, 0.1) is 0 Å². The lowest BCUT2D eigenvalue weighted by Gasteiger charge is -2.39. The first-order valence-corrected chi connectivity index (χ1v) is 7.20. The highest BCUT2D eigenvalue weighted by Gasteiger charge is 2.38. The minimum absolute atomic E-state index is 0.0936. The van der Waals surface area contributed by atoms with E-state index in [0.717, 1.165) is 24.2 Å². The van der Waals surface area contributed by atoms with Gasteiger partial charge in [0.15, 0.2) is 0 Å². The molecule has 2 fully saturated rings. The van der Waals surface area contributed by atoms with Gasteiger partial charge in [0.25, 0.3) is 0 Å². The Kier molecular flexibility index (Phi) is 3.27. The van der Waals surface area contributed by atoms with Gasteiger partial charge in [0.05, 0.1) is 23.9 Å². The molecule has 1 aromatic rings. The first-order chi connectivity index (χ1) is 9.05. The van der Waals surface area contributed by atoms with Crippen LogP contribution in [0.2, 0.25) is 0 Å². The van der Waals surface area contributed by atoms with Crippen LogP contribution in [0.15, 0.2) is 24.3 Å². The average molecular weight is 262 g/mol. The zero-order valence-electron chi connectivity index (χ0n) is 11.6. The van der Waals surface area contributed by atoms with Gasteiger partial charge in [-0.2, -0.15) is 0 Å². The second kappa shape index (κ2) is 4.80. The number of benzene rings is 1. The van der Waals surface area contributed by atoms with Gasteiger partial charge in [0, 0.05) is 12.8 Å². The molecular weight excluding hydrogens is 240 g/mol. The molecule has 1 N–H and O–H groups in total. The van der Waals surface area contributed by atoms with E-state index in [1.165, 1.54) is 0 Å². The van der Waals surface area contributed by atoms with Crippen LogP contribution in [-0.2, 0) is 10.3 Å². The number of hydrogen-bond donors (Lipinski definition) is 1. The maximum absolute atomic E-state index is 10.8. The molecule has 104 valence electrons. The fourth-order valence-corrected chi connectivity index (χ4v) is 2.99. The third kappa shape index (κ3) is 2.93. The van der Waals surface area contributed by atoms with Gasteiger partial charge in [-0.15, -0.1) is 0 Å². The lowest BCUT2D eigenvalue weighted by atomic mass is 9.82. The Labute approximate surface area is 114 Å². The quantitative estimate of drug-likeness (QED) is 0.910. The van der Waals surface area contributed by atoms with Gasteiger partial charge in [-0.3, -0.25) is 0 Å². The van der Waals surface area contributed by atoms with Crippen molar-refractivity contribution in [3.05, 3.63) is 29.8 Å². The highest BCUT2D eigenvalue weighted by Crippen LogP contribution is 2.38. The molecule has 19 heavy (non-hydrogen) atoms. The first kappa shape index (κ1) is 12.9. The molecule has 1 saturated carbocycles. The summed E-state index contributed by atoms with van der Waals surface area (Å²) < 4.78 is 11.4. The second-order valence-electron chi connectivity index (χ2n) is 6.04. The van der Waals surface area contributed by atoms with Crippen molar-refractivity contribution in [2.45, 2.75) is 63.4 Å². The number of hydrogen-bond acceptors (Lipinski definition) is 3. The summed E-state index contributed by atoms with van der Waals surface area (Å²) in [5, 5.41) is 10.8. The van der Waals surface area contributed by atoms with Crippen LogP contribution < -0.4 is 4.74 Å². The fourth-order valence-electron chi connectivity index (χ4n) is 2.99. The van der Waals surface area contributed by atoms with Crippen LogP contribution in [0.1, 0.15) is 45.1 Å². The molecule has 2 aliphatic rings. The molecule has 3 heteroatoms. The molecule has 1 aromatic carbocycles. The minimum Gasteiger partial charge on any atom is -0.490 e. The van der Waals surface area contributed by atoms with E-state index < -0.39 is 5.60 Å². The normalized spacial score (nSPS) is 35.1. The van der Waals surface area contributed by atoms with Crippen LogP contribution in [0.4, 0.5) is 0 Å². The molecule has 1 aliphatic heterocycles. The van der Waals surface area contributed by atoms with E-state index in [0.29, 0.717) is 18.9 Å². The van der Waals surface area contributed by atoms with Gasteiger partial charge in [-0.25, -0.2) is 0 Å². The van der Waals surface area contributed by atoms with E-state index in [4.69, 9.17) is 9.47 Å². The van der Waals surface area contributed by atoms with E-state index in [1.54, 1.807) is 0 Å². The third-order valence-electron chi connectivity index (χ3n) is 3.93. The van der Waals surface area contributed by atoms with E-state index in [9.17, 15) is 5.11 Å². The molecule has 0 aromatic heterocycles. The van der Waals surface area contributed by atoms with Gasteiger partial charge in [-0.05, 0) is 44.4 Å². The van der Waals surface area contributed by atoms with Crippen molar-refractivity contribution in [3.8, 4) is 5.75 Å². The second-order valence-corrected chi connectivity index (χ2v) is 6.04. The summed E-state index contributed by atoms with van der Waals surface area (Å²) in [6.07, 6.45) is 4.24. The predicted molar refractivity (Wildman–Crippen MR) is 73.2 cm³/mol. The molecule has 0 bridgehead atoms. The summed E-state index contributed by atoms with van der Waals surface area (Å²) >= 11 is 0. The largest absolute Gasteiger partial charge is 0.490 e. The molecule has 1 saturated heterocycles. The Morgan fingerprint density at radius 1 is 1.11 bits per heavy atom. The van der Waals surface area contributed by atoms with Gasteiger partial charge in [0.1, 0.15) is 5.75 Å². The van der Waals surface area contributed by atoms with Crippen LogP contribution in [0.25, 0.3) is 0 Å². The molecule has 3 nitrogen and oxygen atoms in total. The standard InChI is InChI=1S/C16H22O3/c1-11-9-16(17,10-12(2)18-11)13-3-5-14(6-4-13)19-15-7-8-15/h3-6,11-12,15,17H,7-10H2,1-2H3. The minimum atomic E-state index is -0.769. The van der Waals surface area contributed by atoms with Crippen molar-refractivity contribution in [1.29, 1.82) is 0 Å². The summed E-state index contributed by atoms with van der Waals surface area (Å²) in [6.45, 7) is 4.04. The van der Waals surface area contributed by atoms with E-state index in [1.807, 2.05) is 38.1 Å². The van der Waals surface area contributed by atoms with E-state index >= 15 is 0 Å². The molecule has 1 heterocycles. The first-order valence-electron chi connectivity index (χ1n) is 7.20. The van der Waals surface area contributed by atoms with E-state index in [2.05, 4.69) is 0 Å². The maximum atomic E-state index is 10.8. The van der Waals surface area contributed by atoms with Gasteiger partial charge >= 0.3 is 0 Å². The monoisotopic (exact) mass is 262 g/mol. The lowest BCUT2D eigenvalue weighted by Crippen LogP contribution is -2.41. The van der Waals surface area contributed by atoms with Crippen LogP contribution in [0.5, 0.6) is 5.75 Å². The summed E-state index contributed by atoms with van der Waals surface area (Å²) in [5.74, 6) is 0.906. The number of aliphatic hydroxyl groups is 1. The molecule has 1 aliphatic carbocycles. The summed E-state index contributed by atoms with van der Waals surface area (Å²) in [5.41, 5.74) is 0.201. The Morgan fingerprint density at radius 3 is 2.21 bits per heavy atom. The highest BCUT2D eigenvalue weighted by molar-refractivity contribution is 5.31. The van der Waals surface area contributed by atoms with Crippen molar-refractivity contribution in [1.82, 2.24) is 0 Å². The van der Waals surface area contributed by atoms with Gasteiger partial charge in [0.2, 0.25) is 0 Å². The maximum Gasteiger partial charge on any atom is 0.119 e. The zero-order chi connectivity index (χ0) is 13.5. The fraction of sp³-hybridized carbons (Fsp3) is 0.625. The topological polar surface area (TPSA) is 38.7 Å². The molecule has 0 spiro atoms. The Morgan fingerprint density at radius 2 is 1.68 bits per heavy atom. The third-order valence-corrected chi connectivity index (χ3v) is 3.93. The summed E-state index contributed by atoms with van der Waals surface area (Å²) in [7, 11) is 0. The van der Waals surface area contributed by atoms with Gasteiger partial charge < -0.3 is 14.6 Å². The molecule has 0 amide bonds. The number of rotatable bonds is 3. The zero-order valence-corrected chi connectivity index (χ0v) is 11.6. The van der Waals surface area contributed by atoms with Crippen molar-refractivity contribution in [3.63, 3.8) is 0 Å². The smallest absolute Gasteiger partial charge is 0.119 e. The Bertz CT molecular complexity index is 426. The van der Waals surface area contributed by atoms with Crippen LogP contribution in [-0.4, -0.2) is 23.4 Å². The molecule has 2 unspecified atom stereocenters. The van der Waals surface area contributed by atoms with E-state index in [-0.39, 0.29) is 12.2 Å². The molecule has 2 atom stereocenters. The van der Waals surface area contributed by atoms with Crippen molar-refractivity contribution in [2.75, 3.05) is 0 Å². The predicted octanol–water partition coefficient (Wildman–Crippen LogP) is 3.00.